The lowest BCUT2D eigenvalue weighted by Gasteiger charge is -2.05. The molecule has 4 aromatic rings. The molecule has 0 radical (unpaired) electrons. The van der Waals surface area contributed by atoms with Crippen LogP contribution in [0, 0.1) is 6.92 Å². The molecule has 3 aromatic carbocycles. The molecule has 8 nitrogen and oxygen atoms in total. The van der Waals surface area contributed by atoms with Crippen molar-refractivity contribution in [2.45, 2.75) is 18.2 Å². The Kier molecular flexibility index (Phi) is 9.61. The number of carbonyl (C=O) groups is 2. The lowest BCUT2D eigenvalue weighted by atomic mass is 10.0. The summed E-state index contributed by atoms with van der Waals surface area (Å²) in [6.07, 6.45) is 9.42. The van der Waals surface area contributed by atoms with Crippen LogP contribution in [0.25, 0.3) is 0 Å². The quantitative estimate of drug-likeness (QED) is 0.279. The first-order valence-corrected chi connectivity index (χ1v) is 13.2. The number of aromatic carboxylic acids is 1. The summed E-state index contributed by atoms with van der Waals surface area (Å²) in [6, 6.07) is 21.9. The van der Waals surface area contributed by atoms with E-state index in [0.29, 0.717) is 16.9 Å². The largest absolute Gasteiger partial charge is 0.508 e. The van der Waals surface area contributed by atoms with Crippen LogP contribution in [0.2, 0.25) is 0 Å². The topological polar surface area (TPSA) is 134 Å². The van der Waals surface area contributed by atoms with Crippen LogP contribution in [-0.2, 0) is 10.0 Å². The lowest BCUT2D eigenvalue weighted by Crippen LogP contribution is -2.10. The zero-order chi connectivity index (χ0) is 28.4. The first-order chi connectivity index (χ1) is 18.6. The van der Waals surface area contributed by atoms with Gasteiger partial charge in [-0.2, -0.15) is 0 Å². The molecule has 1 heterocycles. The van der Waals surface area contributed by atoms with E-state index in [2.05, 4.69) is 0 Å². The molecule has 0 unspecified atom stereocenters. The van der Waals surface area contributed by atoms with Crippen molar-refractivity contribution in [1.29, 1.82) is 0 Å². The van der Waals surface area contributed by atoms with Crippen LogP contribution < -0.4 is 0 Å². The Morgan fingerprint density at radius 1 is 0.769 bits per heavy atom. The van der Waals surface area contributed by atoms with Gasteiger partial charge in [0.1, 0.15) is 11.5 Å². The third-order valence-electron chi connectivity index (χ3n) is 5.48. The summed E-state index contributed by atoms with van der Waals surface area (Å²) >= 11 is 0. The number of phenols is 2. The van der Waals surface area contributed by atoms with Crippen LogP contribution in [-0.4, -0.2) is 39.5 Å². The minimum Gasteiger partial charge on any atom is -0.508 e. The summed E-state index contributed by atoms with van der Waals surface area (Å²) in [5.41, 5.74) is 2.65. The predicted molar refractivity (Wildman–Crippen MR) is 148 cm³/mol. The molecular weight excluding hydrogens is 518 g/mol. The molecule has 1 aromatic heterocycles. The van der Waals surface area contributed by atoms with Gasteiger partial charge in [0.2, 0.25) is 0 Å². The van der Waals surface area contributed by atoms with E-state index in [1.165, 1.54) is 52.8 Å². The highest BCUT2D eigenvalue weighted by Gasteiger charge is 2.14. The van der Waals surface area contributed by atoms with Gasteiger partial charge in [-0.3, -0.25) is 4.79 Å². The second kappa shape index (κ2) is 13.1. The number of aromatic hydroxyl groups is 2. The molecule has 1 aliphatic carbocycles. The highest BCUT2D eigenvalue weighted by Crippen LogP contribution is 2.18. The van der Waals surface area contributed by atoms with Crippen LogP contribution in [0.4, 0.5) is 0 Å². The highest BCUT2D eigenvalue weighted by atomic mass is 32.2. The molecule has 3 N–H and O–H groups in total. The Hall–Kier alpha value is -4.89. The minimum atomic E-state index is -3.40. The van der Waals surface area contributed by atoms with E-state index in [0.717, 1.165) is 11.1 Å². The van der Waals surface area contributed by atoms with E-state index in [-0.39, 0.29) is 22.8 Å². The van der Waals surface area contributed by atoms with Gasteiger partial charge in [-0.25, -0.2) is 17.2 Å². The number of ketones is 1. The average Bonchev–Trinajstić information content (AvgIpc) is 3.66. The molecule has 0 atom stereocenters. The summed E-state index contributed by atoms with van der Waals surface area (Å²) in [5, 5.41) is 26.2. The number of phenolic OH excluding ortho intramolecular Hbond substituents is 2. The molecule has 200 valence electrons. The number of carboxylic acids is 1. The number of rotatable bonds is 5. The molecule has 1 aliphatic rings. The average molecular weight is 546 g/mol. The summed E-state index contributed by atoms with van der Waals surface area (Å²) in [5.74, 6) is -0.694. The number of carboxylic acid groups (broad SMARTS) is 1. The van der Waals surface area contributed by atoms with Gasteiger partial charge in [-0.15, -0.1) is 0 Å². The summed E-state index contributed by atoms with van der Waals surface area (Å²) in [6.45, 7) is 1.92. The van der Waals surface area contributed by atoms with E-state index in [1.807, 2.05) is 25.2 Å². The van der Waals surface area contributed by atoms with Crippen molar-refractivity contribution in [3.8, 4) is 11.5 Å². The molecule has 0 amide bonds. The Morgan fingerprint density at radius 2 is 1.28 bits per heavy atom. The van der Waals surface area contributed by atoms with Gasteiger partial charge in [-0.1, -0.05) is 35.9 Å². The molecule has 9 heteroatoms. The maximum atomic E-state index is 12.0. The molecule has 0 aliphatic heterocycles. The number of hydrogen-bond donors (Lipinski definition) is 3. The number of benzene rings is 3. The first-order valence-electron chi connectivity index (χ1n) is 11.7. The first kappa shape index (κ1) is 28.7. The number of nitrogens with zero attached hydrogens (tertiary/aromatic N) is 1. The van der Waals surface area contributed by atoms with Crippen LogP contribution in [0.1, 0.15) is 32.7 Å². The number of Topliss-reactive ketones (excluding diaryl/α,β-unsaturated/α-hetero) is 1. The number of aryl methyl sites for hydroxylation is 1. The van der Waals surface area contributed by atoms with E-state index in [1.54, 1.807) is 48.5 Å². The van der Waals surface area contributed by atoms with Crippen LogP contribution >= 0.6 is 0 Å². The fourth-order valence-electron chi connectivity index (χ4n) is 3.33. The van der Waals surface area contributed by atoms with Gasteiger partial charge < -0.3 is 15.3 Å². The standard InChI is InChI=1S/C12H10O2.C11H11NO2S.C7H6O3/c13-11-7-5-10(6-8-11)12(14)9-3-1-2-4-9;1-10-4-6-11(7-5-10)15(13,14)12-8-2-3-9-12;8-6-3-1-5(2-4-6)7(9)10/h1-3,5-8,13H,4H2;2-9H,1H3;1-4,8H,(H,9,10). The second-order valence-corrected chi connectivity index (χ2v) is 10.2. The molecule has 0 saturated carbocycles. The van der Waals surface area contributed by atoms with Gasteiger partial charge in [0.15, 0.2) is 5.78 Å². The summed E-state index contributed by atoms with van der Waals surface area (Å²) < 4.78 is 25.1. The van der Waals surface area contributed by atoms with Crippen LogP contribution in [0.5, 0.6) is 11.5 Å². The van der Waals surface area contributed by atoms with E-state index in [9.17, 15) is 18.0 Å². The Labute approximate surface area is 226 Å². The van der Waals surface area contributed by atoms with Crippen molar-refractivity contribution in [1.82, 2.24) is 3.97 Å². The van der Waals surface area contributed by atoms with E-state index >= 15 is 0 Å². The maximum Gasteiger partial charge on any atom is 0.335 e. The van der Waals surface area contributed by atoms with E-state index in [4.69, 9.17) is 15.3 Å². The minimum absolute atomic E-state index is 0.0370. The van der Waals surface area contributed by atoms with Gasteiger partial charge in [-0.05, 0) is 86.1 Å². The zero-order valence-electron chi connectivity index (χ0n) is 21.0. The maximum absolute atomic E-state index is 12.0. The number of hydrogen-bond acceptors (Lipinski definition) is 6. The van der Waals surface area contributed by atoms with Crippen LogP contribution in [0.15, 0.2) is 126 Å². The smallest absolute Gasteiger partial charge is 0.335 e. The van der Waals surface area contributed by atoms with Crippen molar-refractivity contribution >= 4 is 21.8 Å². The Morgan fingerprint density at radius 3 is 1.74 bits per heavy atom. The van der Waals surface area contributed by atoms with E-state index < -0.39 is 16.0 Å². The molecular formula is C30H27NO7S. The van der Waals surface area contributed by atoms with Crippen molar-refractivity contribution < 1.29 is 33.3 Å². The van der Waals surface area contributed by atoms with Crippen molar-refractivity contribution in [2.75, 3.05) is 0 Å². The number of carbonyl (C=O) groups excluding carboxylic acids is 1. The molecule has 0 fully saturated rings. The molecule has 0 saturated heterocycles. The lowest BCUT2D eigenvalue weighted by molar-refractivity contribution is 0.0696. The SMILES string of the molecule is Cc1ccc(S(=O)(=O)n2cccc2)cc1.O=C(C1=CC=CC1)c1ccc(O)cc1.O=C(O)c1ccc(O)cc1. The second-order valence-electron chi connectivity index (χ2n) is 8.38. The number of allylic oxidation sites excluding steroid dienone is 4. The van der Waals surface area contributed by atoms with Crippen molar-refractivity contribution in [2.24, 2.45) is 0 Å². The molecule has 39 heavy (non-hydrogen) atoms. The molecule has 5 rings (SSSR count). The van der Waals surface area contributed by atoms with Crippen molar-refractivity contribution in [3.63, 3.8) is 0 Å². The zero-order valence-corrected chi connectivity index (χ0v) is 21.8. The van der Waals surface area contributed by atoms with Crippen LogP contribution in [0.3, 0.4) is 0 Å². The molecule has 0 spiro atoms. The van der Waals surface area contributed by atoms with Gasteiger partial charge in [0.05, 0.1) is 10.5 Å². The summed E-state index contributed by atoms with van der Waals surface area (Å²) in [7, 11) is -3.40. The van der Waals surface area contributed by atoms with Gasteiger partial charge >= 0.3 is 5.97 Å². The Balaban J connectivity index is 0.000000165. The van der Waals surface area contributed by atoms with Gasteiger partial charge in [0.25, 0.3) is 10.0 Å². The normalized spacial score (nSPS) is 11.9. The Bertz CT molecular complexity index is 1570. The third-order valence-corrected chi connectivity index (χ3v) is 7.15. The highest BCUT2D eigenvalue weighted by molar-refractivity contribution is 7.90. The predicted octanol–water partition coefficient (Wildman–Crippen LogP) is 5.59. The third kappa shape index (κ3) is 8.05. The fourth-order valence-corrected chi connectivity index (χ4v) is 4.51. The molecule has 0 bridgehead atoms. The monoisotopic (exact) mass is 545 g/mol. The van der Waals surface area contributed by atoms with Crippen molar-refractivity contribution in [3.05, 3.63) is 138 Å². The summed E-state index contributed by atoms with van der Waals surface area (Å²) in [4.78, 5) is 22.3. The number of aromatic nitrogens is 1. The fraction of sp³-hybridized carbons (Fsp3) is 0.0667. The van der Waals surface area contributed by atoms with Gasteiger partial charge in [0, 0.05) is 23.5 Å².